The number of carbonyl (C=O) groups is 3. The van der Waals surface area contributed by atoms with Crippen LogP contribution >= 0.6 is 0 Å². The van der Waals surface area contributed by atoms with Gasteiger partial charge in [-0.05, 0) is 19.8 Å². The molecule has 0 fully saturated rings. The Hall–Kier alpha value is -1.89. The molecule has 7 heteroatoms. The minimum Gasteiger partial charge on any atom is -0.481 e. The van der Waals surface area contributed by atoms with E-state index in [9.17, 15) is 14.4 Å². The summed E-state index contributed by atoms with van der Waals surface area (Å²) in [7, 11) is 0. The van der Waals surface area contributed by atoms with Crippen LogP contribution in [0.3, 0.4) is 0 Å². The van der Waals surface area contributed by atoms with Crippen LogP contribution in [-0.4, -0.2) is 40.1 Å². The first-order chi connectivity index (χ1) is 8.23. The molecule has 0 aliphatic rings. The Kier molecular flexibility index (Phi) is 6.66. The van der Waals surface area contributed by atoms with Crippen LogP contribution in [0, 0.1) is 0 Å². The van der Waals surface area contributed by atoms with Gasteiger partial charge in [0.1, 0.15) is 6.04 Å². The summed E-state index contributed by atoms with van der Waals surface area (Å²) in [6, 6.07) is -1.94. The first-order valence-electron chi connectivity index (χ1n) is 5.41. The molecule has 7 nitrogen and oxygen atoms in total. The van der Waals surface area contributed by atoms with Crippen molar-refractivity contribution >= 4 is 17.8 Å². The molecule has 0 bridgehead atoms. The van der Waals surface area contributed by atoms with E-state index in [1.807, 2.05) is 0 Å². The van der Waals surface area contributed by atoms with Crippen LogP contribution in [0.5, 0.6) is 0 Å². The van der Waals surface area contributed by atoms with Crippen molar-refractivity contribution in [2.75, 3.05) is 0 Å². The zero-order valence-corrected chi connectivity index (χ0v) is 10.2. The molecule has 0 saturated carbocycles. The molecule has 0 spiro atoms. The van der Waals surface area contributed by atoms with E-state index in [0.717, 1.165) is 0 Å². The maximum Gasteiger partial charge on any atom is 0.326 e. The normalized spacial score (nSPS) is 13.4. The molecule has 0 aromatic carbocycles. The molecule has 0 radical (unpaired) electrons. The van der Waals surface area contributed by atoms with E-state index in [4.69, 9.17) is 15.9 Å². The summed E-state index contributed by atoms with van der Waals surface area (Å²) < 4.78 is 0. The summed E-state index contributed by atoms with van der Waals surface area (Å²) >= 11 is 0. The van der Waals surface area contributed by atoms with Gasteiger partial charge in [0, 0.05) is 6.42 Å². The lowest BCUT2D eigenvalue weighted by Crippen LogP contribution is -2.47. The van der Waals surface area contributed by atoms with Gasteiger partial charge in [-0.3, -0.25) is 9.59 Å². The van der Waals surface area contributed by atoms with Crippen molar-refractivity contribution in [3.05, 3.63) is 12.2 Å². The number of hydrogen-bond acceptors (Lipinski definition) is 4. The molecule has 1 amide bonds. The fourth-order valence-electron chi connectivity index (χ4n) is 1.18. The van der Waals surface area contributed by atoms with Crippen LogP contribution in [0.15, 0.2) is 12.2 Å². The number of hydrogen-bond donors (Lipinski definition) is 4. The van der Waals surface area contributed by atoms with Crippen molar-refractivity contribution in [1.29, 1.82) is 0 Å². The quantitative estimate of drug-likeness (QED) is 0.443. The van der Waals surface area contributed by atoms with Gasteiger partial charge in [0.25, 0.3) is 0 Å². The Bertz CT molecular complexity index is 351. The molecule has 0 aliphatic heterocycles. The number of nitrogens with one attached hydrogen (secondary N) is 1. The number of carbonyl (C=O) groups excluding carboxylic acids is 1. The number of carboxylic acids is 2. The summed E-state index contributed by atoms with van der Waals surface area (Å²) in [6.45, 7) is 5.03. The molecule has 0 rings (SSSR count). The van der Waals surface area contributed by atoms with Gasteiger partial charge in [0.05, 0.1) is 6.04 Å². The van der Waals surface area contributed by atoms with Gasteiger partial charge in [0.2, 0.25) is 5.91 Å². The van der Waals surface area contributed by atoms with Crippen molar-refractivity contribution < 1.29 is 24.6 Å². The zero-order chi connectivity index (χ0) is 14.3. The Morgan fingerprint density at radius 1 is 1.28 bits per heavy atom. The van der Waals surface area contributed by atoms with Gasteiger partial charge in [-0.2, -0.15) is 0 Å². The second-order valence-electron chi connectivity index (χ2n) is 4.04. The van der Waals surface area contributed by atoms with Crippen LogP contribution in [0.1, 0.15) is 26.2 Å². The lowest BCUT2D eigenvalue weighted by molar-refractivity contribution is -0.141. The third-order valence-electron chi connectivity index (χ3n) is 2.21. The van der Waals surface area contributed by atoms with Crippen molar-refractivity contribution in [1.82, 2.24) is 5.32 Å². The molecule has 18 heavy (non-hydrogen) atoms. The highest BCUT2D eigenvalue weighted by molar-refractivity contribution is 5.86. The molecule has 102 valence electrons. The fraction of sp³-hybridized carbons (Fsp3) is 0.545. The SMILES string of the molecule is C=C(CCC(=O)O)CC(NC(=O)C(C)N)C(=O)O. The molecule has 2 unspecified atom stereocenters. The number of aliphatic carboxylic acids is 2. The number of rotatable bonds is 8. The molecule has 0 aromatic rings. The molecule has 2 atom stereocenters. The predicted octanol–water partition coefficient (Wildman–Crippen LogP) is -0.286. The van der Waals surface area contributed by atoms with Gasteiger partial charge in [-0.15, -0.1) is 0 Å². The van der Waals surface area contributed by atoms with E-state index in [1.54, 1.807) is 0 Å². The van der Waals surface area contributed by atoms with Gasteiger partial charge in [-0.1, -0.05) is 12.2 Å². The Labute approximate surface area is 105 Å². The first-order valence-corrected chi connectivity index (χ1v) is 5.41. The minimum atomic E-state index is -1.21. The summed E-state index contributed by atoms with van der Waals surface area (Å²) in [4.78, 5) is 32.5. The molecule has 0 aromatic heterocycles. The van der Waals surface area contributed by atoms with Gasteiger partial charge < -0.3 is 21.3 Å². The number of carboxylic acid groups (broad SMARTS) is 2. The Balaban J connectivity index is 4.36. The molecule has 0 heterocycles. The average molecular weight is 258 g/mol. The maximum atomic E-state index is 11.3. The first kappa shape index (κ1) is 16.1. The Morgan fingerprint density at radius 3 is 2.22 bits per heavy atom. The predicted molar refractivity (Wildman–Crippen MR) is 63.8 cm³/mol. The highest BCUT2D eigenvalue weighted by atomic mass is 16.4. The lowest BCUT2D eigenvalue weighted by Gasteiger charge is -2.17. The van der Waals surface area contributed by atoms with Crippen molar-refractivity contribution in [3.8, 4) is 0 Å². The minimum absolute atomic E-state index is 0.0128. The van der Waals surface area contributed by atoms with Gasteiger partial charge in [0.15, 0.2) is 0 Å². The van der Waals surface area contributed by atoms with Crippen LogP contribution in [0.4, 0.5) is 0 Å². The lowest BCUT2D eigenvalue weighted by atomic mass is 10.0. The summed E-state index contributed by atoms with van der Waals surface area (Å²) in [5.74, 6) is -2.77. The maximum absolute atomic E-state index is 11.3. The second-order valence-corrected chi connectivity index (χ2v) is 4.04. The monoisotopic (exact) mass is 258 g/mol. The van der Waals surface area contributed by atoms with Crippen LogP contribution in [0.2, 0.25) is 0 Å². The van der Waals surface area contributed by atoms with Crippen LogP contribution < -0.4 is 11.1 Å². The van der Waals surface area contributed by atoms with Crippen molar-refractivity contribution in [2.24, 2.45) is 5.73 Å². The summed E-state index contributed by atoms with van der Waals surface area (Å²) in [5, 5.41) is 19.7. The molecule has 0 saturated heterocycles. The average Bonchev–Trinajstić information content (AvgIpc) is 2.24. The van der Waals surface area contributed by atoms with E-state index in [-0.39, 0.29) is 19.3 Å². The molecule has 5 N–H and O–H groups in total. The van der Waals surface area contributed by atoms with Crippen LogP contribution in [-0.2, 0) is 14.4 Å². The number of nitrogens with two attached hydrogens (primary N) is 1. The highest BCUT2D eigenvalue weighted by Gasteiger charge is 2.22. The molecular weight excluding hydrogens is 240 g/mol. The largest absolute Gasteiger partial charge is 0.481 e. The van der Waals surface area contributed by atoms with E-state index < -0.39 is 29.9 Å². The zero-order valence-electron chi connectivity index (χ0n) is 10.2. The molecular formula is C11H18N2O5. The van der Waals surface area contributed by atoms with E-state index in [2.05, 4.69) is 11.9 Å². The smallest absolute Gasteiger partial charge is 0.326 e. The van der Waals surface area contributed by atoms with E-state index in [1.165, 1.54) is 6.92 Å². The summed E-state index contributed by atoms with van der Waals surface area (Å²) in [5.41, 5.74) is 5.76. The van der Waals surface area contributed by atoms with E-state index >= 15 is 0 Å². The molecule has 0 aliphatic carbocycles. The Morgan fingerprint density at radius 2 is 1.83 bits per heavy atom. The van der Waals surface area contributed by atoms with E-state index in [0.29, 0.717) is 5.57 Å². The second kappa shape index (κ2) is 7.44. The topological polar surface area (TPSA) is 130 Å². The van der Waals surface area contributed by atoms with Gasteiger partial charge >= 0.3 is 11.9 Å². The van der Waals surface area contributed by atoms with Gasteiger partial charge in [-0.25, -0.2) is 4.79 Å². The standard InChI is InChI=1S/C11H18N2O5/c1-6(3-4-9(14)15)5-8(11(17)18)13-10(16)7(2)12/h7-8H,1,3-5,12H2,2H3,(H,13,16)(H,14,15)(H,17,18). The van der Waals surface area contributed by atoms with Crippen LogP contribution in [0.25, 0.3) is 0 Å². The third kappa shape index (κ3) is 6.64. The fourth-order valence-corrected chi connectivity index (χ4v) is 1.18. The third-order valence-corrected chi connectivity index (χ3v) is 2.21. The summed E-state index contributed by atoms with van der Waals surface area (Å²) in [6.07, 6.45) is 0.0423. The number of amides is 1. The van der Waals surface area contributed by atoms with Crippen molar-refractivity contribution in [3.63, 3.8) is 0 Å². The van der Waals surface area contributed by atoms with Crippen molar-refractivity contribution in [2.45, 2.75) is 38.3 Å². The highest BCUT2D eigenvalue weighted by Crippen LogP contribution is 2.10.